The van der Waals surface area contributed by atoms with E-state index in [2.05, 4.69) is 20.7 Å². The summed E-state index contributed by atoms with van der Waals surface area (Å²) in [5, 5.41) is 22.4. The molecule has 0 aliphatic rings. The van der Waals surface area contributed by atoms with Crippen LogP contribution >= 0.6 is 11.3 Å². The van der Waals surface area contributed by atoms with Gasteiger partial charge in [-0.05, 0) is 42.8 Å². The molecular formula is C21H25N5O5S. The maximum atomic E-state index is 12.6. The van der Waals surface area contributed by atoms with Gasteiger partial charge in [-0.15, -0.1) is 0 Å². The zero-order valence-electron chi connectivity index (χ0n) is 18.0. The maximum Gasteiger partial charge on any atom is 0.308 e. The lowest BCUT2D eigenvalue weighted by atomic mass is 9.97. The van der Waals surface area contributed by atoms with Crippen molar-refractivity contribution in [3.8, 4) is 5.75 Å². The molecule has 3 N–H and O–H groups in total. The number of nitrogens with one attached hydrogen (secondary N) is 2. The highest BCUT2D eigenvalue weighted by molar-refractivity contribution is 7.08. The van der Waals surface area contributed by atoms with Crippen LogP contribution in [0.2, 0.25) is 0 Å². The summed E-state index contributed by atoms with van der Waals surface area (Å²) in [5.41, 5.74) is 11.2. The molecule has 1 aromatic heterocycles. The zero-order chi connectivity index (χ0) is 23.7. The third-order valence-electron chi connectivity index (χ3n) is 4.56. The smallest absolute Gasteiger partial charge is 0.308 e. The van der Waals surface area contributed by atoms with Gasteiger partial charge in [-0.25, -0.2) is 0 Å². The maximum absolute atomic E-state index is 12.6. The number of phenolic OH excluding ortho intramolecular Hbond substituents is 1. The monoisotopic (exact) mass is 459 g/mol. The normalized spacial score (nSPS) is 11.2. The Morgan fingerprint density at radius 3 is 2.72 bits per heavy atom. The van der Waals surface area contributed by atoms with Crippen LogP contribution < -0.4 is 10.6 Å². The quantitative estimate of drug-likeness (QED) is 0.215. The second-order valence-corrected chi connectivity index (χ2v) is 7.77. The minimum Gasteiger partial charge on any atom is -0.507 e. The molecule has 0 radical (unpaired) electrons. The number of esters is 1. The molecule has 0 saturated heterocycles. The molecule has 0 fully saturated rings. The highest BCUT2D eigenvalue weighted by Gasteiger charge is 2.23. The number of azide groups is 1. The zero-order valence-corrected chi connectivity index (χ0v) is 18.9. The summed E-state index contributed by atoms with van der Waals surface area (Å²) in [7, 11) is 0. The highest BCUT2D eigenvalue weighted by atomic mass is 32.1. The lowest BCUT2D eigenvalue weighted by molar-refractivity contribution is -0.143. The van der Waals surface area contributed by atoms with Crippen molar-refractivity contribution in [2.24, 2.45) is 5.11 Å². The third kappa shape index (κ3) is 6.73. The molecule has 1 atom stereocenters. The topological polar surface area (TPSA) is 153 Å². The van der Waals surface area contributed by atoms with E-state index < -0.39 is 23.8 Å². The summed E-state index contributed by atoms with van der Waals surface area (Å²) in [6.07, 6.45) is -0.176. The van der Waals surface area contributed by atoms with Gasteiger partial charge in [0.2, 0.25) is 5.91 Å². The largest absolute Gasteiger partial charge is 0.507 e. The van der Waals surface area contributed by atoms with Crippen LogP contribution in [-0.2, 0) is 20.9 Å². The third-order valence-corrected chi connectivity index (χ3v) is 5.35. The van der Waals surface area contributed by atoms with Crippen LogP contribution in [0.1, 0.15) is 52.0 Å². The first-order valence-electron chi connectivity index (χ1n) is 9.86. The Kier molecular flexibility index (Phi) is 9.06. The number of nitrogens with zero attached hydrogens (tertiary/aromatic N) is 3. The Balaban J connectivity index is 2.11. The molecule has 11 heteroatoms. The molecule has 1 aromatic carbocycles. The first-order chi connectivity index (χ1) is 15.3. The number of amides is 2. The Morgan fingerprint density at radius 2 is 2.03 bits per heavy atom. The van der Waals surface area contributed by atoms with E-state index in [4.69, 9.17) is 10.3 Å². The fourth-order valence-electron chi connectivity index (χ4n) is 3.14. The fraction of sp³-hybridized carbons (Fsp3) is 0.381. The molecule has 0 aliphatic carbocycles. The molecule has 0 aliphatic heterocycles. The van der Waals surface area contributed by atoms with Gasteiger partial charge >= 0.3 is 5.97 Å². The van der Waals surface area contributed by atoms with Crippen molar-refractivity contribution in [2.45, 2.75) is 39.8 Å². The fourth-order valence-corrected chi connectivity index (χ4v) is 3.97. The number of hydrogen-bond acceptors (Lipinski definition) is 7. The van der Waals surface area contributed by atoms with E-state index in [1.54, 1.807) is 36.7 Å². The number of aromatic hydroxyl groups is 1. The van der Waals surface area contributed by atoms with Crippen molar-refractivity contribution in [3.63, 3.8) is 0 Å². The number of aryl methyl sites for hydroxylation is 2. The van der Waals surface area contributed by atoms with Crippen LogP contribution in [0.3, 0.4) is 0 Å². The van der Waals surface area contributed by atoms with E-state index in [1.807, 2.05) is 6.92 Å². The van der Waals surface area contributed by atoms with Gasteiger partial charge in [0.25, 0.3) is 5.91 Å². The first kappa shape index (κ1) is 24.7. The summed E-state index contributed by atoms with van der Waals surface area (Å²) in [6.45, 7) is 5.12. The summed E-state index contributed by atoms with van der Waals surface area (Å²) in [4.78, 5) is 39.7. The number of thiophene rings is 1. The number of benzene rings is 1. The summed E-state index contributed by atoms with van der Waals surface area (Å²) in [6, 6.07) is 2.65. The van der Waals surface area contributed by atoms with Crippen LogP contribution in [0.25, 0.3) is 10.4 Å². The molecule has 1 heterocycles. The lowest BCUT2D eigenvalue weighted by Crippen LogP contribution is -2.39. The second kappa shape index (κ2) is 11.7. The first-order valence-corrected chi connectivity index (χ1v) is 10.8. The minimum absolute atomic E-state index is 0.0183. The van der Waals surface area contributed by atoms with Crippen molar-refractivity contribution in [1.29, 1.82) is 0 Å². The van der Waals surface area contributed by atoms with Gasteiger partial charge < -0.3 is 20.5 Å². The molecule has 0 bridgehead atoms. The molecule has 0 saturated carbocycles. The van der Waals surface area contributed by atoms with Crippen LogP contribution in [-0.4, -0.2) is 36.0 Å². The van der Waals surface area contributed by atoms with E-state index in [0.717, 1.165) is 5.56 Å². The van der Waals surface area contributed by atoms with Crippen molar-refractivity contribution >= 4 is 29.1 Å². The predicted molar refractivity (Wildman–Crippen MR) is 119 cm³/mol. The molecular weight excluding hydrogens is 434 g/mol. The lowest BCUT2D eigenvalue weighted by Gasteiger charge is -2.21. The number of ether oxygens (including phenoxy) is 1. The van der Waals surface area contributed by atoms with Crippen molar-refractivity contribution < 1.29 is 24.2 Å². The van der Waals surface area contributed by atoms with E-state index in [0.29, 0.717) is 22.3 Å². The Morgan fingerprint density at radius 1 is 1.28 bits per heavy atom. The summed E-state index contributed by atoms with van der Waals surface area (Å²) < 4.78 is 4.99. The van der Waals surface area contributed by atoms with Crippen LogP contribution in [0.5, 0.6) is 5.75 Å². The van der Waals surface area contributed by atoms with Gasteiger partial charge in [0.05, 0.1) is 37.7 Å². The molecule has 2 amide bonds. The van der Waals surface area contributed by atoms with Gasteiger partial charge in [0, 0.05) is 15.9 Å². The average molecular weight is 460 g/mol. The number of carbonyl (C=O) groups excluding carboxylic acids is 3. The Bertz CT molecular complexity index is 1050. The van der Waals surface area contributed by atoms with Crippen molar-refractivity contribution in [2.75, 3.05) is 13.2 Å². The second-order valence-electron chi connectivity index (χ2n) is 7.03. The van der Waals surface area contributed by atoms with Gasteiger partial charge in [-0.3, -0.25) is 14.4 Å². The minimum atomic E-state index is -0.835. The highest BCUT2D eigenvalue weighted by Crippen LogP contribution is 2.31. The van der Waals surface area contributed by atoms with Gasteiger partial charge in [0.1, 0.15) is 5.75 Å². The van der Waals surface area contributed by atoms with Gasteiger partial charge in [-0.2, -0.15) is 11.3 Å². The summed E-state index contributed by atoms with van der Waals surface area (Å²) in [5.74, 6) is -1.57. The van der Waals surface area contributed by atoms with E-state index in [-0.39, 0.29) is 31.9 Å². The molecule has 32 heavy (non-hydrogen) atoms. The van der Waals surface area contributed by atoms with Crippen LogP contribution in [0.15, 0.2) is 28.0 Å². The van der Waals surface area contributed by atoms with Crippen LogP contribution in [0, 0.1) is 13.8 Å². The molecule has 10 nitrogen and oxygen atoms in total. The van der Waals surface area contributed by atoms with Crippen molar-refractivity contribution in [1.82, 2.24) is 10.6 Å². The summed E-state index contributed by atoms with van der Waals surface area (Å²) >= 11 is 1.28. The van der Waals surface area contributed by atoms with Crippen LogP contribution in [0.4, 0.5) is 0 Å². The average Bonchev–Trinajstić information content (AvgIpc) is 3.21. The van der Waals surface area contributed by atoms with E-state index in [9.17, 15) is 19.5 Å². The van der Waals surface area contributed by atoms with Gasteiger partial charge in [0.15, 0.2) is 0 Å². The number of rotatable bonds is 10. The van der Waals surface area contributed by atoms with Gasteiger partial charge in [-0.1, -0.05) is 22.8 Å². The number of phenols is 1. The Labute approximate surface area is 189 Å². The molecule has 2 aromatic rings. The Hall–Kier alpha value is -3.56. The van der Waals surface area contributed by atoms with E-state index >= 15 is 0 Å². The van der Waals surface area contributed by atoms with Crippen molar-refractivity contribution in [3.05, 3.63) is 61.2 Å². The molecule has 2 rings (SSSR count). The standard InChI is InChI=1S/C21H25N5O5S/c1-4-31-19(28)7-17(15-6-12(2)5-13(3)20(15)29)25-18(27)9-23-21(30)16-11-32-10-14(16)8-24-26-22/h5-6,10-11,17,29H,4,7-9H2,1-3H3,(H,23,30)(H,25,27)/t17-/m0/s1. The van der Waals surface area contributed by atoms with E-state index in [1.165, 1.54) is 11.3 Å². The SMILES string of the molecule is CCOC(=O)C[C@H](NC(=O)CNC(=O)c1cscc1CN=[N+]=[N-])c1cc(C)cc(C)c1O. The molecule has 0 unspecified atom stereocenters. The molecule has 0 spiro atoms. The number of hydrogen-bond donors (Lipinski definition) is 3. The predicted octanol–water partition coefficient (Wildman–Crippen LogP) is 3.42. The molecule has 170 valence electrons. The number of carbonyl (C=O) groups is 3.